The quantitative estimate of drug-likeness (QED) is 0.0617. The second-order valence-electron chi connectivity index (χ2n) is 8.08. The molecular formula is C25H20N4NaO8S2. The van der Waals surface area contributed by atoms with Crippen molar-refractivity contribution < 1.29 is 30.5 Å². The Morgan fingerprint density at radius 3 is 2.08 bits per heavy atom. The molecule has 0 aliphatic carbocycles. The van der Waals surface area contributed by atoms with Crippen LogP contribution in [0.25, 0.3) is 0 Å². The number of non-ortho nitro benzene ring substituents is 1. The van der Waals surface area contributed by atoms with Crippen LogP contribution in [0.5, 0.6) is 5.75 Å². The maximum absolute atomic E-state index is 12.5. The van der Waals surface area contributed by atoms with E-state index < -0.39 is 35.7 Å². The van der Waals surface area contributed by atoms with Gasteiger partial charge in [0.2, 0.25) is 0 Å². The van der Waals surface area contributed by atoms with Gasteiger partial charge >= 0.3 is 10.1 Å². The van der Waals surface area contributed by atoms with E-state index >= 15 is 0 Å². The van der Waals surface area contributed by atoms with Crippen molar-refractivity contribution >= 4 is 78.2 Å². The first-order valence-electron chi connectivity index (χ1n) is 11.1. The third kappa shape index (κ3) is 7.71. The average Bonchev–Trinajstić information content (AvgIpc) is 2.89. The smallest absolute Gasteiger partial charge is 0.339 e. The summed E-state index contributed by atoms with van der Waals surface area (Å²) in [6, 6.07) is 21.8. The molecule has 0 heterocycles. The summed E-state index contributed by atoms with van der Waals surface area (Å²) in [7, 11) is -8.72. The average molecular weight is 592 g/mol. The van der Waals surface area contributed by atoms with Gasteiger partial charge in [-0.1, -0.05) is 18.2 Å². The predicted octanol–water partition coefficient (Wildman–Crippen LogP) is 5.70. The SMILES string of the molecule is Cc1cc(N=Nc2ccc(Nc3ccc([N+](=O)[O-])cc3S(=O)(=O)O)cc2)ccc1OS(=O)(=O)c1ccccc1.[Na]. The summed E-state index contributed by atoms with van der Waals surface area (Å²) < 4.78 is 63.0. The van der Waals surface area contributed by atoms with E-state index in [1.165, 1.54) is 24.3 Å². The molecule has 0 spiro atoms. The van der Waals surface area contributed by atoms with Gasteiger partial charge in [0.25, 0.3) is 15.8 Å². The van der Waals surface area contributed by atoms with Crippen molar-refractivity contribution in [3.8, 4) is 5.75 Å². The Bertz CT molecular complexity index is 1780. The molecular weight excluding hydrogens is 571 g/mol. The van der Waals surface area contributed by atoms with Crippen LogP contribution in [0.1, 0.15) is 5.56 Å². The number of benzene rings is 4. The Morgan fingerprint density at radius 2 is 1.48 bits per heavy atom. The fourth-order valence-electron chi connectivity index (χ4n) is 3.37. The van der Waals surface area contributed by atoms with E-state index in [4.69, 9.17) is 4.18 Å². The number of nitrogens with one attached hydrogen (secondary N) is 1. The third-order valence-electron chi connectivity index (χ3n) is 5.27. The zero-order valence-electron chi connectivity index (χ0n) is 21.1. The first kappa shape index (κ1) is 30.9. The Balaban J connectivity index is 0.00000441. The summed E-state index contributed by atoms with van der Waals surface area (Å²) in [6.07, 6.45) is 0. The minimum Gasteiger partial charge on any atom is -0.379 e. The van der Waals surface area contributed by atoms with E-state index in [9.17, 15) is 31.5 Å². The van der Waals surface area contributed by atoms with Gasteiger partial charge in [-0.15, -0.1) is 0 Å². The number of hydrogen-bond acceptors (Lipinski definition) is 10. The minimum absolute atomic E-state index is 0. The molecule has 0 aliphatic rings. The van der Waals surface area contributed by atoms with E-state index in [-0.39, 0.29) is 45.9 Å². The molecule has 2 N–H and O–H groups in total. The molecule has 4 aromatic rings. The molecule has 0 fully saturated rings. The number of nitro groups is 1. The van der Waals surface area contributed by atoms with Gasteiger partial charge in [0.05, 0.1) is 22.0 Å². The van der Waals surface area contributed by atoms with Gasteiger partial charge in [0, 0.05) is 47.4 Å². The number of aryl methyl sites for hydroxylation is 1. The van der Waals surface area contributed by atoms with Crippen molar-refractivity contribution in [2.45, 2.75) is 16.7 Å². The van der Waals surface area contributed by atoms with E-state index in [1.807, 2.05) is 0 Å². The first-order chi connectivity index (χ1) is 18.4. The molecule has 40 heavy (non-hydrogen) atoms. The van der Waals surface area contributed by atoms with Crippen LogP contribution in [-0.4, -0.2) is 55.9 Å². The van der Waals surface area contributed by atoms with Gasteiger partial charge in [0.1, 0.15) is 15.5 Å². The Morgan fingerprint density at radius 1 is 0.850 bits per heavy atom. The molecule has 4 aromatic carbocycles. The summed E-state index contributed by atoms with van der Waals surface area (Å²) >= 11 is 0. The fraction of sp³-hybridized carbons (Fsp3) is 0.0400. The standard InChI is InChI=1S/C25H20N4O8S2.Na/c1-17-15-20(11-14-24(17)37-39(35,36)22-5-3-2-4-6-22)28-27-19-9-7-18(8-10-19)26-23-13-12-21(29(30)31)16-25(23)38(32,33)34;/h2-16,26H,1H3,(H,32,33,34);. The van der Waals surface area contributed by atoms with E-state index in [0.717, 1.165) is 12.1 Å². The summed E-state index contributed by atoms with van der Waals surface area (Å²) in [5.41, 5.74) is 1.31. The molecule has 15 heteroatoms. The number of rotatable bonds is 9. The van der Waals surface area contributed by atoms with Crippen LogP contribution in [0.15, 0.2) is 111 Å². The van der Waals surface area contributed by atoms with Crippen molar-refractivity contribution in [1.29, 1.82) is 0 Å². The number of anilines is 2. The topological polar surface area (TPSA) is 178 Å². The maximum atomic E-state index is 12.5. The molecule has 0 atom stereocenters. The van der Waals surface area contributed by atoms with Crippen LogP contribution in [0.4, 0.5) is 28.4 Å². The summed E-state index contributed by atoms with van der Waals surface area (Å²) in [5, 5.41) is 22.0. The van der Waals surface area contributed by atoms with Gasteiger partial charge in [-0.05, 0) is 73.2 Å². The van der Waals surface area contributed by atoms with Crippen molar-refractivity contribution in [1.82, 2.24) is 0 Å². The molecule has 0 saturated carbocycles. The number of azo groups is 1. The number of nitro benzene ring substituents is 1. The predicted molar refractivity (Wildman–Crippen MR) is 148 cm³/mol. The second-order valence-corrected chi connectivity index (χ2v) is 11.0. The summed E-state index contributed by atoms with van der Waals surface area (Å²) in [6.45, 7) is 1.67. The van der Waals surface area contributed by atoms with Crippen molar-refractivity contribution in [2.75, 3.05) is 5.32 Å². The molecule has 0 aliphatic heterocycles. The minimum atomic E-state index is -4.73. The molecule has 0 saturated heterocycles. The molecule has 0 amide bonds. The summed E-state index contributed by atoms with van der Waals surface area (Å²) in [4.78, 5) is 9.58. The van der Waals surface area contributed by atoms with Crippen LogP contribution in [0, 0.1) is 17.0 Å². The van der Waals surface area contributed by atoms with Crippen LogP contribution in [-0.2, 0) is 20.2 Å². The number of hydrogen-bond donors (Lipinski definition) is 2. The van der Waals surface area contributed by atoms with Gasteiger partial charge < -0.3 is 9.50 Å². The van der Waals surface area contributed by atoms with Crippen molar-refractivity contribution in [2.24, 2.45) is 10.2 Å². The van der Waals surface area contributed by atoms with Crippen LogP contribution in [0.3, 0.4) is 0 Å². The molecule has 1 radical (unpaired) electrons. The summed E-state index contributed by atoms with van der Waals surface area (Å²) in [5.74, 6) is 0.156. The number of nitrogens with zero attached hydrogens (tertiary/aromatic N) is 3. The van der Waals surface area contributed by atoms with Gasteiger partial charge in [-0.3, -0.25) is 14.7 Å². The zero-order chi connectivity index (χ0) is 28.2. The van der Waals surface area contributed by atoms with Gasteiger partial charge in [0.15, 0.2) is 0 Å². The van der Waals surface area contributed by atoms with Crippen LogP contribution >= 0.6 is 0 Å². The second kappa shape index (κ2) is 12.7. The van der Waals surface area contributed by atoms with E-state index in [2.05, 4.69) is 15.5 Å². The van der Waals surface area contributed by atoms with Crippen LogP contribution < -0.4 is 9.50 Å². The van der Waals surface area contributed by atoms with Crippen LogP contribution in [0.2, 0.25) is 0 Å². The Kier molecular flexibility index (Phi) is 9.78. The Labute approximate surface area is 252 Å². The van der Waals surface area contributed by atoms with Crippen molar-refractivity contribution in [3.63, 3.8) is 0 Å². The molecule has 0 unspecified atom stereocenters. The Hall–Kier alpha value is -3.66. The van der Waals surface area contributed by atoms with Gasteiger partial charge in [-0.25, -0.2) is 0 Å². The molecule has 201 valence electrons. The largest absolute Gasteiger partial charge is 0.379 e. The van der Waals surface area contributed by atoms with Crippen molar-refractivity contribution in [3.05, 3.63) is 107 Å². The molecule has 0 aromatic heterocycles. The van der Waals surface area contributed by atoms with E-state index in [1.54, 1.807) is 61.5 Å². The fourth-order valence-corrected chi connectivity index (χ4v) is 5.04. The zero-order valence-corrected chi connectivity index (χ0v) is 24.8. The molecule has 0 bridgehead atoms. The van der Waals surface area contributed by atoms with Gasteiger partial charge in [-0.2, -0.15) is 27.1 Å². The maximum Gasteiger partial charge on any atom is 0.339 e. The molecule has 4 rings (SSSR count). The monoisotopic (exact) mass is 591 g/mol. The van der Waals surface area contributed by atoms with E-state index in [0.29, 0.717) is 22.6 Å². The third-order valence-corrected chi connectivity index (χ3v) is 7.41. The molecule has 12 nitrogen and oxygen atoms in total. The first-order valence-corrected chi connectivity index (χ1v) is 13.9. The normalized spacial score (nSPS) is 11.6.